The molecule has 0 radical (unpaired) electrons. The SMILES string of the molecule is c1ccc(-c2ccc(-c3nc(-n4c5cc6ccccc6cc5c5c6ccccc6c6ccccc6c54)nc4ccccc34)cc2)cc1. The normalized spacial score (nSPS) is 11.8. The minimum Gasteiger partial charge on any atom is -0.277 e. The van der Waals surface area contributed by atoms with Crippen LogP contribution in [0.1, 0.15) is 0 Å². The molecule has 0 bridgehead atoms. The van der Waals surface area contributed by atoms with Crippen molar-refractivity contribution in [2.45, 2.75) is 0 Å². The molecule has 2 heterocycles. The van der Waals surface area contributed by atoms with E-state index in [1.807, 2.05) is 0 Å². The van der Waals surface area contributed by atoms with E-state index in [-0.39, 0.29) is 0 Å². The second kappa shape index (κ2) is 10.1. The van der Waals surface area contributed by atoms with Crippen LogP contribution in [0.5, 0.6) is 0 Å². The Kier molecular flexibility index (Phi) is 5.57. The van der Waals surface area contributed by atoms with E-state index in [0.29, 0.717) is 5.95 Å². The first kappa shape index (κ1) is 26.0. The van der Waals surface area contributed by atoms with E-state index in [4.69, 9.17) is 9.97 Å². The predicted octanol–water partition coefficient (Wildman–Crippen LogP) is 11.5. The standard InChI is InChI=1S/C44H27N3/c1-2-12-28(13-3-1)29-22-24-30(25-23-29)42-37-20-10-11-21-39(37)45-44(46-42)47-40-27-32-15-5-4-14-31(32)26-38(40)41-35-18-8-6-16-33(35)34-17-7-9-19-36(34)43(41)47/h1-27H. The van der Waals surface area contributed by atoms with Crippen molar-refractivity contribution < 1.29 is 0 Å². The van der Waals surface area contributed by atoms with Crippen LogP contribution >= 0.6 is 0 Å². The van der Waals surface area contributed by atoms with Crippen LogP contribution in [0.25, 0.3) is 93.4 Å². The minimum atomic E-state index is 0.668. The third-order valence-electron chi connectivity index (χ3n) is 9.56. The second-order valence-corrected chi connectivity index (χ2v) is 12.2. The minimum absolute atomic E-state index is 0.668. The molecule has 0 aliphatic heterocycles. The van der Waals surface area contributed by atoms with E-state index < -0.39 is 0 Å². The summed E-state index contributed by atoms with van der Waals surface area (Å²) in [4.78, 5) is 10.7. The average Bonchev–Trinajstić information content (AvgIpc) is 3.48. The van der Waals surface area contributed by atoms with Crippen LogP contribution in [0.2, 0.25) is 0 Å². The van der Waals surface area contributed by atoms with Gasteiger partial charge in [-0.2, -0.15) is 0 Å². The lowest BCUT2D eigenvalue weighted by Crippen LogP contribution is -2.04. The van der Waals surface area contributed by atoms with E-state index in [2.05, 4.69) is 168 Å². The van der Waals surface area contributed by atoms with Crippen LogP contribution in [-0.2, 0) is 0 Å². The van der Waals surface area contributed by atoms with Crippen molar-refractivity contribution in [2.75, 3.05) is 0 Å². The molecule has 3 nitrogen and oxygen atoms in total. The average molecular weight is 598 g/mol. The van der Waals surface area contributed by atoms with Gasteiger partial charge < -0.3 is 0 Å². The third-order valence-corrected chi connectivity index (χ3v) is 9.56. The van der Waals surface area contributed by atoms with Crippen molar-refractivity contribution in [3.05, 3.63) is 164 Å². The van der Waals surface area contributed by atoms with Gasteiger partial charge in [0.25, 0.3) is 0 Å². The number of hydrogen-bond donors (Lipinski definition) is 0. The van der Waals surface area contributed by atoms with Gasteiger partial charge in [0.2, 0.25) is 5.95 Å². The Balaban J connectivity index is 1.34. The molecule has 0 aliphatic rings. The fourth-order valence-corrected chi connectivity index (χ4v) is 7.40. The van der Waals surface area contributed by atoms with Gasteiger partial charge in [-0.05, 0) is 56.3 Å². The summed E-state index contributed by atoms with van der Waals surface area (Å²) in [6.45, 7) is 0. The molecule has 0 amide bonds. The lowest BCUT2D eigenvalue weighted by molar-refractivity contribution is 1.02. The van der Waals surface area contributed by atoms with Gasteiger partial charge in [0.1, 0.15) is 0 Å². The molecule has 10 rings (SSSR count). The summed E-state index contributed by atoms with van der Waals surface area (Å²) in [6.07, 6.45) is 0. The summed E-state index contributed by atoms with van der Waals surface area (Å²) >= 11 is 0. The summed E-state index contributed by atoms with van der Waals surface area (Å²) in [5.74, 6) is 0.668. The number of aromatic nitrogens is 3. The van der Waals surface area contributed by atoms with Gasteiger partial charge in [0.15, 0.2) is 0 Å². The van der Waals surface area contributed by atoms with Crippen LogP contribution in [0.3, 0.4) is 0 Å². The molecule has 0 spiro atoms. The van der Waals surface area contributed by atoms with E-state index in [1.54, 1.807) is 0 Å². The van der Waals surface area contributed by atoms with Gasteiger partial charge in [-0.1, -0.05) is 146 Å². The van der Waals surface area contributed by atoms with E-state index in [0.717, 1.165) is 33.2 Å². The molecule has 8 aromatic carbocycles. The number of hydrogen-bond acceptors (Lipinski definition) is 2. The summed E-state index contributed by atoms with van der Waals surface area (Å²) in [6, 6.07) is 58.4. The fourth-order valence-electron chi connectivity index (χ4n) is 7.40. The van der Waals surface area contributed by atoms with Crippen LogP contribution in [0.15, 0.2) is 164 Å². The van der Waals surface area contributed by atoms with Gasteiger partial charge in [-0.25, -0.2) is 9.97 Å². The van der Waals surface area contributed by atoms with Crippen LogP contribution in [0.4, 0.5) is 0 Å². The highest BCUT2D eigenvalue weighted by Gasteiger charge is 2.22. The zero-order chi connectivity index (χ0) is 30.9. The molecule has 0 aliphatic carbocycles. The van der Waals surface area contributed by atoms with Crippen LogP contribution < -0.4 is 0 Å². The van der Waals surface area contributed by atoms with Crippen molar-refractivity contribution in [3.63, 3.8) is 0 Å². The van der Waals surface area contributed by atoms with Crippen molar-refractivity contribution in [2.24, 2.45) is 0 Å². The molecule has 0 atom stereocenters. The van der Waals surface area contributed by atoms with Gasteiger partial charge in [0, 0.05) is 27.1 Å². The van der Waals surface area contributed by atoms with Crippen LogP contribution in [0, 0.1) is 0 Å². The molecule has 3 heteroatoms. The van der Waals surface area contributed by atoms with Gasteiger partial charge >= 0.3 is 0 Å². The maximum Gasteiger partial charge on any atom is 0.235 e. The summed E-state index contributed by atoms with van der Waals surface area (Å²) in [7, 11) is 0. The maximum atomic E-state index is 5.44. The molecule has 0 fully saturated rings. The lowest BCUT2D eigenvalue weighted by atomic mass is 9.96. The number of para-hydroxylation sites is 1. The second-order valence-electron chi connectivity index (χ2n) is 12.2. The monoisotopic (exact) mass is 597 g/mol. The van der Waals surface area contributed by atoms with Gasteiger partial charge in [-0.3, -0.25) is 4.57 Å². The Hall–Kier alpha value is -6.32. The maximum absolute atomic E-state index is 5.44. The van der Waals surface area contributed by atoms with Crippen molar-refractivity contribution in [3.8, 4) is 28.3 Å². The Bertz CT molecular complexity index is 2830. The first-order valence-electron chi connectivity index (χ1n) is 16.0. The molecule has 0 N–H and O–H groups in total. The number of rotatable bonds is 3. The van der Waals surface area contributed by atoms with E-state index in [1.165, 1.54) is 54.2 Å². The third kappa shape index (κ3) is 3.93. The Morgan fingerprint density at radius 1 is 0.383 bits per heavy atom. The summed E-state index contributed by atoms with van der Waals surface area (Å²) < 4.78 is 2.31. The molecule has 47 heavy (non-hydrogen) atoms. The number of fused-ring (bicyclic) bond motifs is 10. The Morgan fingerprint density at radius 2 is 0.936 bits per heavy atom. The highest BCUT2D eigenvalue weighted by atomic mass is 15.2. The zero-order valence-corrected chi connectivity index (χ0v) is 25.4. The molecule has 2 aromatic heterocycles. The quantitative estimate of drug-likeness (QED) is 0.190. The topological polar surface area (TPSA) is 30.7 Å². The molecule has 0 saturated carbocycles. The largest absolute Gasteiger partial charge is 0.277 e. The summed E-state index contributed by atoms with van der Waals surface area (Å²) in [5, 5.41) is 10.8. The smallest absolute Gasteiger partial charge is 0.235 e. The lowest BCUT2D eigenvalue weighted by Gasteiger charge is -2.14. The molecule has 0 unspecified atom stereocenters. The first-order chi connectivity index (χ1) is 23.3. The van der Waals surface area contributed by atoms with E-state index in [9.17, 15) is 0 Å². The molecular weight excluding hydrogens is 571 g/mol. The Labute approximate surface area is 271 Å². The van der Waals surface area contributed by atoms with Crippen molar-refractivity contribution in [1.29, 1.82) is 0 Å². The highest BCUT2D eigenvalue weighted by Crippen LogP contribution is 2.43. The number of nitrogens with zero attached hydrogens (tertiary/aromatic N) is 3. The van der Waals surface area contributed by atoms with E-state index >= 15 is 0 Å². The van der Waals surface area contributed by atoms with Crippen molar-refractivity contribution in [1.82, 2.24) is 14.5 Å². The van der Waals surface area contributed by atoms with Gasteiger partial charge in [0.05, 0.1) is 22.2 Å². The zero-order valence-electron chi connectivity index (χ0n) is 25.4. The Morgan fingerprint density at radius 3 is 1.70 bits per heavy atom. The van der Waals surface area contributed by atoms with Crippen molar-refractivity contribution >= 4 is 65.0 Å². The van der Waals surface area contributed by atoms with Gasteiger partial charge in [-0.15, -0.1) is 0 Å². The molecule has 218 valence electrons. The fraction of sp³-hybridized carbons (Fsp3) is 0. The molecule has 0 saturated heterocycles. The first-order valence-corrected chi connectivity index (χ1v) is 16.0. The summed E-state index contributed by atoms with van der Waals surface area (Å²) in [5.41, 5.74) is 7.51. The predicted molar refractivity (Wildman–Crippen MR) is 197 cm³/mol. The number of benzene rings is 8. The molecular formula is C44H27N3. The van der Waals surface area contributed by atoms with Crippen LogP contribution in [-0.4, -0.2) is 14.5 Å². The highest BCUT2D eigenvalue weighted by molar-refractivity contribution is 6.32. The molecule has 10 aromatic rings.